The first-order chi connectivity index (χ1) is 10.4. The van der Waals surface area contributed by atoms with E-state index < -0.39 is 12.0 Å². The lowest BCUT2D eigenvalue weighted by Crippen LogP contribution is -2.35. The number of benzene rings is 2. The van der Waals surface area contributed by atoms with E-state index in [1.807, 2.05) is 50.2 Å². The Bertz CT molecular complexity index is 751. The average molecular weight is 297 g/mol. The molecule has 0 radical (unpaired) electrons. The molecule has 1 aliphatic rings. The normalized spacial score (nSPS) is 20.4. The van der Waals surface area contributed by atoms with Crippen molar-refractivity contribution in [3.8, 4) is 0 Å². The summed E-state index contributed by atoms with van der Waals surface area (Å²) in [7, 11) is 0. The van der Waals surface area contributed by atoms with Gasteiger partial charge in [-0.2, -0.15) is 0 Å². The molecular weight excluding hydrogens is 278 g/mol. The SMILES string of the molecule is CC1(C)C[C@@H]1C(=O)NC(C(=O)O)c1ccc2ccccc2c1. The first-order valence-corrected chi connectivity index (χ1v) is 7.40. The summed E-state index contributed by atoms with van der Waals surface area (Å²) in [5, 5.41) is 14.2. The van der Waals surface area contributed by atoms with Crippen LogP contribution in [-0.2, 0) is 9.59 Å². The van der Waals surface area contributed by atoms with E-state index in [0.29, 0.717) is 5.56 Å². The van der Waals surface area contributed by atoms with E-state index >= 15 is 0 Å². The molecule has 0 spiro atoms. The van der Waals surface area contributed by atoms with Gasteiger partial charge in [0.2, 0.25) is 5.91 Å². The van der Waals surface area contributed by atoms with Crippen LogP contribution in [0.15, 0.2) is 42.5 Å². The fourth-order valence-corrected chi connectivity index (χ4v) is 2.83. The smallest absolute Gasteiger partial charge is 0.330 e. The van der Waals surface area contributed by atoms with Crippen LogP contribution in [0, 0.1) is 11.3 Å². The number of carboxylic acid groups (broad SMARTS) is 1. The molecule has 114 valence electrons. The Hall–Kier alpha value is -2.36. The maximum Gasteiger partial charge on any atom is 0.330 e. The number of amides is 1. The van der Waals surface area contributed by atoms with Gasteiger partial charge in [-0.05, 0) is 34.2 Å². The lowest BCUT2D eigenvalue weighted by atomic mass is 10.0. The Morgan fingerprint density at radius 3 is 2.41 bits per heavy atom. The van der Waals surface area contributed by atoms with Crippen LogP contribution in [0.25, 0.3) is 10.8 Å². The lowest BCUT2D eigenvalue weighted by molar-refractivity contribution is -0.142. The average Bonchev–Trinajstić information content (AvgIpc) is 3.12. The maximum absolute atomic E-state index is 12.2. The molecule has 0 saturated heterocycles. The molecule has 2 aromatic carbocycles. The summed E-state index contributed by atoms with van der Waals surface area (Å²) in [6, 6.07) is 12.2. The molecule has 1 amide bonds. The first-order valence-electron chi connectivity index (χ1n) is 7.40. The molecule has 4 nitrogen and oxygen atoms in total. The second kappa shape index (κ2) is 5.13. The molecule has 0 aliphatic heterocycles. The van der Waals surface area contributed by atoms with Crippen molar-refractivity contribution in [3.05, 3.63) is 48.0 Å². The van der Waals surface area contributed by atoms with Crippen LogP contribution in [0.2, 0.25) is 0 Å². The zero-order valence-corrected chi connectivity index (χ0v) is 12.7. The molecule has 1 unspecified atom stereocenters. The van der Waals surface area contributed by atoms with Crippen LogP contribution >= 0.6 is 0 Å². The topological polar surface area (TPSA) is 66.4 Å². The number of carbonyl (C=O) groups excluding carboxylic acids is 1. The summed E-state index contributed by atoms with van der Waals surface area (Å²) in [6.07, 6.45) is 0.808. The van der Waals surface area contributed by atoms with Gasteiger partial charge in [0.25, 0.3) is 0 Å². The Kier molecular flexibility index (Phi) is 3.39. The van der Waals surface area contributed by atoms with Gasteiger partial charge in [0.05, 0.1) is 0 Å². The summed E-state index contributed by atoms with van der Waals surface area (Å²) < 4.78 is 0. The van der Waals surface area contributed by atoms with E-state index in [2.05, 4.69) is 5.32 Å². The standard InChI is InChI=1S/C18H19NO3/c1-18(2)10-14(18)16(20)19-15(17(21)22)13-8-7-11-5-3-4-6-12(11)9-13/h3-9,14-15H,10H2,1-2H3,(H,19,20)(H,21,22)/t14-,15?/m1/s1. The largest absolute Gasteiger partial charge is 0.479 e. The van der Waals surface area contributed by atoms with Crippen LogP contribution in [0.4, 0.5) is 0 Å². The fourth-order valence-electron chi connectivity index (χ4n) is 2.83. The Morgan fingerprint density at radius 2 is 1.82 bits per heavy atom. The molecule has 2 aromatic rings. The van der Waals surface area contributed by atoms with Crippen molar-refractivity contribution < 1.29 is 14.7 Å². The first kappa shape index (κ1) is 14.6. The zero-order chi connectivity index (χ0) is 15.9. The van der Waals surface area contributed by atoms with Crippen molar-refractivity contribution in [1.82, 2.24) is 5.32 Å². The van der Waals surface area contributed by atoms with Crippen LogP contribution < -0.4 is 5.32 Å². The number of hydrogen-bond acceptors (Lipinski definition) is 2. The lowest BCUT2D eigenvalue weighted by Gasteiger charge is -2.16. The van der Waals surface area contributed by atoms with Crippen molar-refractivity contribution in [2.75, 3.05) is 0 Å². The second-order valence-electron chi connectivity index (χ2n) is 6.63. The minimum atomic E-state index is -1.04. The molecule has 3 rings (SSSR count). The fraction of sp³-hybridized carbons (Fsp3) is 0.333. The number of carboxylic acids is 1. The summed E-state index contributed by atoms with van der Waals surface area (Å²) >= 11 is 0. The molecule has 1 saturated carbocycles. The molecule has 0 aromatic heterocycles. The highest BCUT2D eigenvalue weighted by atomic mass is 16.4. The van der Waals surface area contributed by atoms with Crippen molar-refractivity contribution >= 4 is 22.6 Å². The molecular formula is C18H19NO3. The molecule has 22 heavy (non-hydrogen) atoms. The van der Waals surface area contributed by atoms with Gasteiger partial charge in [0, 0.05) is 5.92 Å². The third kappa shape index (κ3) is 2.69. The van der Waals surface area contributed by atoms with Gasteiger partial charge in [-0.1, -0.05) is 50.2 Å². The predicted molar refractivity (Wildman–Crippen MR) is 84.4 cm³/mol. The van der Waals surface area contributed by atoms with Gasteiger partial charge in [0.15, 0.2) is 6.04 Å². The van der Waals surface area contributed by atoms with Crippen molar-refractivity contribution in [2.24, 2.45) is 11.3 Å². The van der Waals surface area contributed by atoms with Crippen LogP contribution in [-0.4, -0.2) is 17.0 Å². The summed E-state index contributed by atoms with van der Waals surface area (Å²) in [4.78, 5) is 23.8. The van der Waals surface area contributed by atoms with E-state index in [9.17, 15) is 14.7 Å². The number of fused-ring (bicyclic) bond motifs is 1. The highest BCUT2D eigenvalue weighted by Gasteiger charge is 2.51. The van der Waals surface area contributed by atoms with Gasteiger partial charge in [-0.15, -0.1) is 0 Å². The maximum atomic E-state index is 12.2. The van der Waals surface area contributed by atoms with Gasteiger partial charge in [-0.3, -0.25) is 4.79 Å². The Balaban J connectivity index is 1.86. The monoisotopic (exact) mass is 297 g/mol. The molecule has 4 heteroatoms. The van der Waals surface area contributed by atoms with Crippen LogP contribution in [0.1, 0.15) is 31.9 Å². The minimum Gasteiger partial charge on any atom is -0.479 e. The van der Waals surface area contributed by atoms with Crippen LogP contribution in [0.3, 0.4) is 0 Å². The molecule has 0 heterocycles. The minimum absolute atomic E-state index is 0.0173. The van der Waals surface area contributed by atoms with E-state index in [1.165, 1.54) is 0 Å². The van der Waals surface area contributed by atoms with Crippen molar-refractivity contribution in [2.45, 2.75) is 26.3 Å². The van der Waals surface area contributed by atoms with Gasteiger partial charge in [-0.25, -0.2) is 4.79 Å². The van der Waals surface area contributed by atoms with Gasteiger partial charge < -0.3 is 10.4 Å². The third-order valence-electron chi connectivity index (χ3n) is 4.47. The van der Waals surface area contributed by atoms with Gasteiger partial charge in [0.1, 0.15) is 0 Å². The number of rotatable bonds is 4. The van der Waals surface area contributed by atoms with E-state index in [-0.39, 0.29) is 17.2 Å². The predicted octanol–water partition coefficient (Wildman–Crippen LogP) is 3.13. The zero-order valence-electron chi connectivity index (χ0n) is 12.7. The van der Waals surface area contributed by atoms with Crippen LogP contribution in [0.5, 0.6) is 0 Å². The van der Waals surface area contributed by atoms with Crippen molar-refractivity contribution in [3.63, 3.8) is 0 Å². The molecule has 1 aliphatic carbocycles. The molecule has 1 fully saturated rings. The van der Waals surface area contributed by atoms with Gasteiger partial charge >= 0.3 is 5.97 Å². The number of carbonyl (C=O) groups is 2. The Labute approximate surface area is 129 Å². The van der Waals surface area contributed by atoms with E-state index in [4.69, 9.17) is 0 Å². The van der Waals surface area contributed by atoms with Crippen molar-refractivity contribution in [1.29, 1.82) is 0 Å². The quantitative estimate of drug-likeness (QED) is 0.911. The third-order valence-corrected chi connectivity index (χ3v) is 4.47. The summed E-state index contributed by atoms with van der Waals surface area (Å²) in [5.74, 6) is -1.30. The number of nitrogens with one attached hydrogen (secondary N) is 1. The number of hydrogen-bond donors (Lipinski definition) is 2. The molecule has 2 N–H and O–H groups in total. The van der Waals surface area contributed by atoms with E-state index in [0.717, 1.165) is 17.2 Å². The summed E-state index contributed by atoms with van der Waals surface area (Å²) in [5.41, 5.74) is 0.578. The Morgan fingerprint density at radius 1 is 1.18 bits per heavy atom. The van der Waals surface area contributed by atoms with E-state index in [1.54, 1.807) is 6.07 Å². The number of aliphatic carboxylic acids is 1. The summed E-state index contributed by atoms with van der Waals surface area (Å²) in [6.45, 7) is 4.03. The highest BCUT2D eigenvalue weighted by molar-refractivity contribution is 5.89. The molecule has 0 bridgehead atoms. The highest BCUT2D eigenvalue weighted by Crippen LogP contribution is 2.51. The molecule has 2 atom stereocenters. The second-order valence-corrected chi connectivity index (χ2v) is 6.63.